The zero-order valence-corrected chi connectivity index (χ0v) is 6.76. The molecule has 0 spiro atoms. The van der Waals surface area contributed by atoms with Gasteiger partial charge in [0.15, 0.2) is 0 Å². The molecule has 0 aliphatic heterocycles. The monoisotopic (exact) mass is 177 g/mol. The van der Waals surface area contributed by atoms with Gasteiger partial charge in [-0.25, -0.2) is 4.98 Å². The topological polar surface area (TPSA) is 52.5 Å². The van der Waals surface area contributed by atoms with E-state index in [1.165, 1.54) is 0 Å². The van der Waals surface area contributed by atoms with Gasteiger partial charge in [-0.1, -0.05) is 11.6 Å². The average Bonchev–Trinajstić information content (AvgIpc) is 2.52. The first kappa shape index (κ1) is 7.14. The van der Waals surface area contributed by atoms with Crippen molar-refractivity contribution in [1.29, 1.82) is 5.26 Å². The van der Waals surface area contributed by atoms with Crippen LogP contribution < -0.4 is 0 Å². The number of rotatable bonds is 0. The first-order valence-corrected chi connectivity index (χ1v) is 3.72. The van der Waals surface area contributed by atoms with Crippen molar-refractivity contribution in [2.24, 2.45) is 0 Å². The van der Waals surface area contributed by atoms with Crippen LogP contribution in [-0.2, 0) is 0 Å². The van der Waals surface area contributed by atoms with Crippen molar-refractivity contribution in [2.75, 3.05) is 0 Å². The van der Waals surface area contributed by atoms with Gasteiger partial charge in [-0.2, -0.15) is 5.26 Å². The molecule has 0 radical (unpaired) electrons. The molecule has 1 N–H and O–H groups in total. The summed E-state index contributed by atoms with van der Waals surface area (Å²) in [5, 5.41) is 9.12. The molecule has 0 fully saturated rings. The first-order chi connectivity index (χ1) is 5.81. The third-order valence-corrected chi connectivity index (χ3v) is 1.89. The van der Waals surface area contributed by atoms with E-state index in [2.05, 4.69) is 9.97 Å². The first-order valence-electron chi connectivity index (χ1n) is 3.34. The van der Waals surface area contributed by atoms with E-state index in [-0.39, 0.29) is 0 Å². The van der Waals surface area contributed by atoms with E-state index >= 15 is 0 Å². The third-order valence-electron chi connectivity index (χ3n) is 1.61. The molecule has 1 aromatic carbocycles. The Labute approximate surface area is 73.6 Å². The number of fused-ring (bicyclic) bond motifs is 1. The minimum Gasteiger partial charge on any atom is -0.345 e. The highest BCUT2D eigenvalue weighted by atomic mass is 35.5. The van der Waals surface area contributed by atoms with Crippen LogP contribution in [-0.4, -0.2) is 9.97 Å². The molecule has 12 heavy (non-hydrogen) atoms. The summed E-state index contributed by atoms with van der Waals surface area (Å²) in [6, 6.07) is 5.34. The fourth-order valence-corrected chi connectivity index (χ4v) is 1.34. The number of H-pyrrole nitrogens is 1. The van der Waals surface area contributed by atoms with Gasteiger partial charge in [0.05, 0.1) is 28.5 Å². The molecule has 1 heterocycles. The molecule has 1 aromatic heterocycles. The van der Waals surface area contributed by atoms with Gasteiger partial charge in [-0.05, 0) is 12.1 Å². The number of aromatic amines is 1. The predicted octanol–water partition coefficient (Wildman–Crippen LogP) is 2.09. The van der Waals surface area contributed by atoms with Crippen LogP contribution in [0.5, 0.6) is 0 Å². The second kappa shape index (κ2) is 2.50. The maximum atomic E-state index is 8.62. The zero-order valence-electron chi connectivity index (χ0n) is 6.00. The van der Waals surface area contributed by atoms with Gasteiger partial charge in [0.2, 0.25) is 0 Å². The van der Waals surface area contributed by atoms with E-state index in [1.807, 2.05) is 6.07 Å². The number of nitrogens with one attached hydrogen (secondary N) is 1. The van der Waals surface area contributed by atoms with Crippen molar-refractivity contribution >= 4 is 22.6 Å². The van der Waals surface area contributed by atoms with Gasteiger partial charge in [0.1, 0.15) is 5.52 Å². The zero-order chi connectivity index (χ0) is 8.55. The molecule has 58 valence electrons. The summed E-state index contributed by atoms with van der Waals surface area (Å²) < 4.78 is 0. The summed E-state index contributed by atoms with van der Waals surface area (Å²) in [6.07, 6.45) is 1.55. The van der Waals surface area contributed by atoms with Crippen molar-refractivity contribution < 1.29 is 0 Å². The molecular formula is C8H4ClN3. The SMILES string of the molecule is N#Cc1cc(Cl)c2nc[nH]c2c1. The van der Waals surface area contributed by atoms with Crippen LogP contribution in [0.15, 0.2) is 18.5 Å². The molecule has 0 saturated carbocycles. The molecule has 0 bridgehead atoms. The maximum Gasteiger partial charge on any atom is 0.107 e. The van der Waals surface area contributed by atoms with Crippen LogP contribution in [0.4, 0.5) is 0 Å². The normalized spacial score (nSPS) is 10.0. The minimum absolute atomic E-state index is 0.505. The largest absolute Gasteiger partial charge is 0.345 e. The standard InChI is InChI=1S/C8H4ClN3/c9-6-1-5(3-10)2-7-8(6)12-4-11-7/h1-2,4H,(H,11,12). The number of benzene rings is 1. The molecule has 2 aromatic rings. The maximum absolute atomic E-state index is 8.62. The average molecular weight is 178 g/mol. The summed E-state index contributed by atoms with van der Waals surface area (Å²) in [4.78, 5) is 6.89. The van der Waals surface area contributed by atoms with Gasteiger partial charge in [0.25, 0.3) is 0 Å². The Morgan fingerprint density at radius 3 is 3.08 bits per heavy atom. The molecule has 0 atom stereocenters. The number of halogens is 1. The van der Waals surface area contributed by atoms with Crippen LogP contribution in [0.25, 0.3) is 11.0 Å². The van der Waals surface area contributed by atoms with Crippen LogP contribution in [0.2, 0.25) is 5.02 Å². The Bertz CT molecular complexity index is 467. The lowest BCUT2D eigenvalue weighted by Gasteiger charge is -1.92. The summed E-state index contributed by atoms with van der Waals surface area (Å²) in [5.41, 5.74) is 2.03. The lowest BCUT2D eigenvalue weighted by molar-refractivity contribution is 1.34. The Morgan fingerprint density at radius 1 is 1.50 bits per heavy atom. The van der Waals surface area contributed by atoms with E-state index in [0.29, 0.717) is 16.1 Å². The number of hydrogen-bond acceptors (Lipinski definition) is 2. The van der Waals surface area contributed by atoms with Crippen LogP contribution in [0.3, 0.4) is 0 Å². The van der Waals surface area contributed by atoms with Gasteiger partial charge < -0.3 is 4.98 Å². The molecule has 0 unspecified atom stereocenters. The van der Waals surface area contributed by atoms with E-state index in [0.717, 1.165) is 5.52 Å². The highest BCUT2D eigenvalue weighted by Crippen LogP contribution is 2.21. The Morgan fingerprint density at radius 2 is 2.33 bits per heavy atom. The van der Waals surface area contributed by atoms with Crippen LogP contribution in [0.1, 0.15) is 5.56 Å². The second-order valence-electron chi connectivity index (χ2n) is 2.37. The van der Waals surface area contributed by atoms with Crippen molar-refractivity contribution in [3.8, 4) is 6.07 Å². The highest BCUT2D eigenvalue weighted by molar-refractivity contribution is 6.35. The van der Waals surface area contributed by atoms with Crippen molar-refractivity contribution in [2.45, 2.75) is 0 Å². The predicted molar refractivity (Wildman–Crippen MR) is 45.8 cm³/mol. The second-order valence-corrected chi connectivity index (χ2v) is 2.78. The Hall–Kier alpha value is -1.53. The van der Waals surface area contributed by atoms with E-state index in [4.69, 9.17) is 16.9 Å². The van der Waals surface area contributed by atoms with Gasteiger partial charge >= 0.3 is 0 Å². The number of imidazole rings is 1. The van der Waals surface area contributed by atoms with Gasteiger partial charge in [-0.15, -0.1) is 0 Å². The van der Waals surface area contributed by atoms with E-state index < -0.39 is 0 Å². The molecule has 4 heteroatoms. The summed E-state index contributed by atoms with van der Waals surface area (Å²) >= 11 is 5.85. The quantitative estimate of drug-likeness (QED) is 0.670. The third kappa shape index (κ3) is 0.936. The molecule has 0 saturated heterocycles. The Balaban J connectivity index is 2.86. The smallest absolute Gasteiger partial charge is 0.107 e. The van der Waals surface area contributed by atoms with Gasteiger partial charge in [-0.3, -0.25) is 0 Å². The fraction of sp³-hybridized carbons (Fsp3) is 0. The number of hydrogen-bond donors (Lipinski definition) is 1. The Kier molecular flexibility index (Phi) is 1.49. The molecule has 0 amide bonds. The van der Waals surface area contributed by atoms with Crippen molar-refractivity contribution in [3.63, 3.8) is 0 Å². The summed E-state index contributed by atoms with van der Waals surface area (Å²) in [7, 11) is 0. The van der Waals surface area contributed by atoms with E-state index in [9.17, 15) is 0 Å². The van der Waals surface area contributed by atoms with Gasteiger partial charge in [0, 0.05) is 0 Å². The summed E-state index contributed by atoms with van der Waals surface area (Å²) in [5.74, 6) is 0. The lowest BCUT2D eigenvalue weighted by atomic mass is 10.2. The van der Waals surface area contributed by atoms with Crippen LogP contribution in [0, 0.1) is 11.3 Å². The summed E-state index contributed by atoms with van der Waals surface area (Å²) in [6.45, 7) is 0. The number of nitrogens with zero attached hydrogens (tertiary/aromatic N) is 2. The highest BCUT2D eigenvalue weighted by Gasteiger charge is 2.03. The molecule has 2 rings (SSSR count). The fourth-order valence-electron chi connectivity index (χ4n) is 1.07. The minimum atomic E-state index is 0.505. The van der Waals surface area contributed by atoms with Crippen molar-refractivity contribution in [3.05, 3.63) is 29.0 Å². The molecular weight excluding hydrogens is 174 g/mol. The number of nitriles is 1. The molecule has 3 nitrogen and oxygen atoms in total. The van der Waals surface area contributed by atoms with Crippen molar-refractivity contribution in [1.82, 2.24) is 9.97 Å². The molecule has 0 aliphatic rings. The number of aromatic nitrogens is 2. The molecule has 0 aliphatic carbocycles. The van der Waals surface area contributed by atoms with Crippen LogP contribution >= 0.6 is 11.6 Å². The lowest BCUT2D eigenvalue weighted by Crippen LogP contribution is -1.76. The van der Waals surface area contributed by atoms with E-state index in [1.54, 1.807) is 18.5 Å².